The SMILES string of the molecule is O=C(c1cccc(C(F)(F)F)c1)[C@H]1CCCN(Cc2ccn[nH]2)C1. The molecule has 0 radical (unpaired) electrons. The molecule has 1 aromatic heterocycles. The Labute approximate surface area is 137 Å². The number of hydrogen-bond donors (Lipinski definition) is 1. The summed E-state index contributed by atoms with van der Waals surface area (Å²) in [5.41, 5.74) is 0.318. The fraction of sp³-hybridized carbons (Fsp3) is 0.412. The Balaban J connectivity index is 1.70. The van der Waals surface area contributed by atoms with Gasteiger partial charge in [0.25, 0.3) is 0 Å². The van der Waals surface area contributed by atoms with Crippen molar-refractivity contribution in [2.75, 3.05) is 13.1 Å². The summed E-state index contributed by atoms with van der Waals surface area (Å²) in [6.45, 7) is 2.08. The Morgan fingerprint density at radius 2 is 2.17 bits per heavy atom. The van der Waals surface area contributed by atoms with Crippen LogP contribution in [-0.2, 0) is 12.7 Å². The smallest absolute Gasteiger partial charge is 0.297 e. The summed E-state index contributed by atoms with van der Waals surface area (Å²) in [4.78, 5) is 14.7. The molecule has 2 heterocycles. The second-order valence-corrected chi connectivity index (χ2v) is 6.10. The highest BCUT2D eigenvalue weighted by molar-refractivity contribution is 5.98. The van der Waals surface area contributed by atoms with Crippen molar-refractivity contribution in [2.45, 2.75) is 25.6 Å². The third-order valence-corrected chi connectivity index (χ3v) is 4.30. The van der Waals surface area contributed by atoms with Crippen LogP contribution in [0.3, 0.4) is 0 Å². The summed E-state index contributed by atoms with van der Waals surface area (Å²) in [6.07, 6.45) is -1.21. The molecule has 1 N–H and O–H groups in total. The monoisotopic (exact) mass is 337 g/mol. The van der Waals surface area contributed by atoms with Gasteiger partial charge >= 0.3 is 6.18 Å². The van der Waals surface area contributed by atoms with E-state index in [1.165, 1.54) is 12.1 Å². The second kappa shape index (κ2) is 6.76. The van der Waals surface area contributed by atoms with Gasteiger partial charge in [-0.15, -0.1) is 0 Å². The molecule has 0 spiro atoms. The summed E-state index contributed by atoms with van der Waals surface area (Å²) in [5.74, 6) is -0.486. The van der Waals surface area contributed by atoms with Gasteiger partial charge in [-0.1, -0.05) is 12.1 Å². The summed E-state index contributed by atoms with van der Waals surface area (Å²) in [5, 5.41) is 6.78. The summed E-state index contributed by atoms with van der Waals surface area (Å²) in [7, 11) is 0. The molecule has 0 saturated carbocycles. The summed E-state index contributed by atoms with van der Waals surface area (Å²) < 4.78 is 38.5. The van der Waals surface area contributed by atoms with Crippen molar-refractivity contribution in [1.29, 1.82) is 0 Å². The van der Waals surface area contributed by atoms with Crippen molar-refractivity contribution in [3.63, 3.8) is 0 Å². The standard InChI is InChI=1S/C17H18F3N3O/c18-17(19,20)14-5-1-3-12(9-14)16(24)13-4-2-8-23(10-13)11-15-6-7-21-22-15/h1,3,5-7,9,13H,2,4,8,10-11H2,(H,21,22)/t13-/m0/s1. The van der Waals surface area contributed by atoms with Gasteiger partial charge in [0.15, 0.2) is 5.78 Å². The molecule has 4 nitrogen and oxygen atoms in total. The van der Waals surface area contributed by atoms with E-state index in [4.69, 9.17) is 0 Å². The van der Waals surface area contributed by atoms with E-state index in [0.29, 0.717) is 19.5 Å². The van der Waals surface area contributed by atoms with Gasteiger partial charge in [-0.3, -0.25) is 14.8 Å². The minimum absolute atomic E-state index is 0.137. The first kappa shape index (κ1) is 16.7. The number of rotatable bonds is 4. The molecule has 1 aliphatic rings. The molecule has 1 saturated heterocycles. The lowest BCUT2D eigenvalue weighted by Crippen LogP contribution is -2.38. The zero-order chi connectivity index (χ0) is 17.2. The van der Waals surface area contributed by atoms with E-state index in [1.807, 2.05) is 6.07 Å². The lowest BCUT2D eigenvalue weighted by atomic mass is 9.89. The largest absolute Gasteiger partial charge is 0.416 e. The first-order chi connectivity index (χ1) is 11.4. The molecule has 0 unspecified atom stereocenters. The number of ketones is 1. The second-order valence-electron chi connectivity index (χ2n) is 6.10. The lowest BCUT2D eigenvalue weighted by molar-refractivity contribution is -0.137. The topological polar surface area (TPSA) is 49.0 Å². The van der Waals surface area contributed by atoms with Crippen LogP contribution in [0.15, 0.2) is 36.5 Å². The molecular weight excluding hydrogens is 319 g/mol. The van der Waals surface area contributed by atoms with Crippen molar-refractivity contribution in [1.82, 2.24) is 15.1 Å². The van der Waals surface area contributed by atoms with Gasteiger partial charge in [-0.05, 0) is 37.6 Å². The Morgan fingerprint density at radius 1 is 1.33 bits per heavy atom. The van der Waals surface area contributed by atoms with Gasteiger partial charge in [0.2, 0.25) is 0 Å². The molecule has 7 heteroatoms. The number of Topliss-reactive ketones (excluding diaryl/α,β-unsaturated/α-hetero) is 1. The molecule has 0 bridgehead atoms. The fourth-order valence-corrected chi connectivity index (χ4v) is 3.11. The maximum atomic E-state index is 12.8. The number of hydrogen-bond acceptors (Lipinski definition) is 3. The quantitative estimate of drug-likeness (QED) is 0.869. The number of nitrogens with zero attached hydrogens (tertiary/aromatic N) is 2. The molecule has 3 rings (SSSR count). The number of aromatic amines is 1. The summed E-state index contributed by atoms with van der Waals surface area (Å²) in [6, 6.07) is 6.57. The van der Waals surface area contributed by atoms with Crippen molar-refractivity contribution >= 4 is 5.78 Å². The van der Waals surface area contributed by atoms with E-state index in [0.717, 1.165) is 30.8 Å². The highest BCUT2D eigenvalue weighted by Crippen LogP contribution is 2.30. The van der Waals surface area contributed by atoms with Crippen LogP contribution in [-0.4, -0.2) is 34.0 Å². The number of piperidine rings is 1. The number of nitrogens with one attached hydrogen (secondary N) is 1. The van der Waals surface area contributed by atoms with Gasteiger partial charge in [0.05, 0.1) is 5.56 Å². The molecule has 1 aromatic carbocycles. The van der Waals surface area contributed by atoms with Gasteiger partial charge in [-0.25, -0.2) is 0 Å². The maximum Gasteiger partial charge on any atom is 0.416 e. The average molecular weight is 337 g/mol. The van der Waals surface area contributed by atoms with E-state index in [2.05, 4.69) is 15.1 Å². The third kappa shape index (κ3) is 3.84. The van der Waals surface area contributed by atoms with Crippen LogP contribution in [0.5, 0.6) is 0 Å². The highest BCUT2D eigenvalue weighted by atomic mass is 19.4. The van der Waals surface area contributed by atoms with Gasteiger partial charge in [-0.2, -0.15) is 18.3 Å². The molecule has 0 amide bonds. The summed E-state index contributed by atoms with van der Waals surface area (Å²) >= 11 is 0. The Hall–Kier alpha value is -2.15. The Bertz CT molecular complexity index is 697. The minimum Gasteiger partial charge on any atom is -0.297 e. The molecular formula is C17H18F3N3O. The average Bonchev–Trinajstić information content (AvgIpc) is 3.07. The van der Waals surface area contributed by atoms with Crippen LogP contribution in [0.4, 0.5) is 13.2 Å². The molecule has 1 aliphatic heterocycles. The van der Waals surface area contributed by atoms with Gasteiger partial charge in [0.1, 0.15) is 0 Å². The van der Waals surface area contributed by atoms with Crippen molar-refractivity contribution in [3.8, 4) is 0 Å². The predicted molar refractivity (Wildman–Crippen MR) is 82.4 cm³/mol. The normalized spacial score (nSPS) is 19.4. The number of halogens is 3. The number of likely N-dealkylation sites (tertiary alicyclic amines) is 1. The van der Waals surface area contributed by atoms with E-state index >= 15 is 0 Å². The minimum atomic E-state index is -4.44. The number of H-pyrrole nitrogens is 1. The number of carbonyl (C=O) groups is 1. The lowest BCUT2D eigenvalue weighted by Gasteiger charge is -2.31. The van der Waals surface area contributed by atoms with E-state index < -0.39 is 11.7 Å². The number of aromatic nitrogens is 2. The predicted octanol–water partition coefficient (Wildman–Crippen LogP) is 3.52. The first-order valence-corrected chi connectivity index (χ1v) is 7.85. The number of carbonyl (C=O) groups excluding carboxylic acids is 1. The van der Waals surface area contributed by atoms with Gasteiger partial charge < -0.3 is 0 Å². The molecule has 1 atom stereocenters. The Morgan fingerprint density at radius 3 is 2.88 bits per heavy atom. The number of alkyl halides is 3. The highest BCUT2D eigenvalue weighted by Gasteiger charge is 2.32. The maximum absolute atomic E-state index is 12.8. The third-order valence-electron chi connectivity index (χ3n) is 4.30. The Kier molecular flexibility index (Phi) is 4.71. The van der Waals surface area contributed by atoms with Crippen LogP contribution >= 0.6 is 0 Å². The molecule has 24 heavy (non-hydrogen) atoms. The van der Waals surface area contributed by atoms with E-state index in [1.54, 1.807) is 6.20 Å². The van der Waals surface area contributed by atoms with Crippen molar-refractivity contribution in [3.05, 3.63) is 53.3 Å². The zero-order valence-corrected chi connectivity index (χ0v) is 13.0. The molecule has 0 aliphatic carbocycles. The molecule has 128 valence electrons. The fourth-order valence-electron chi connectivity index (χ4n) is 3.11. The van der Waals surface area contributed by atoms with Gasteiger partial charge in [0, 0.05) is 36.5 Å². The van der Waals surface area contributed by atoms with E-state index in [-0.39, 0.29) is 17.3 Å². The van der Waals surface area contributed by atoms with Crippen LogP contribution in [0.1, 0.15) is 34.5 Å². The van der Waals surface area contributed by atoms with Crippen LogP contribution in [0.25, 0.3) is 0 Å². The van der Waals surface area contributed by atoms with Crippen molar-refractivity contribution in [2.24, 2.45) is 5.92 Å². The van der Waals surface area contributed by atoms with Crippen LogP contribution in [0, 0.1) is 5.92 Å². The van der Waals surface area contributed by atoms with Crippen molar-refractivity contribution < 1.29 is 18.0 Å². The first-order valence-electron chi connectivity index (χ1n) is 7.85. The van der Waals surface area contributed by atoms with Crippen LogP contribution < -0.4 is 0 Å². The van der Waals surface area contributed by atoms with E-state index in [9.17, 15) is 18.0 Å². The molecule has 1 fully saturated rings. The zero-order valence-electron chi connectivity index (χ0n) is 13.0. The number of benzene rings is 1. The molecule has 2 aromatic rings. The van der Waals surface area contributed by atoms with Crippen LogP contribution in [0.2, 0.25) is 0 Å².